The summed E-state index contributed by atoms with van der Waals surface area (Å²) in [6.45, 7) is 2.56. The number of hydrogen-bond donors (Lipinski definition) is 2. The Bertz CT molecular complexity index is 439. The summed E-state index contributed by atoms with van der Waals surface area (Å²) in [4.78, 5) is 0. The highest BCUT2D eigenvalue weighted by molar-refractivity contribution is 6.37. The van der Waals surface area contributed by atoms with E-state index in [1.165, 1.54) is 0 Å². The normalized spacial score (nSPS) is 13.6. The summed E-state index contributed by atoms with van der Waals surface area (Å²) < 4.78 is 5.46. The van der Waals surface area contributed by atoms with E-state index in [4.69, 9.17) is 34.4 Å². The Balaban J connectivity index is 2.40. The molecule has 0 saturated heterocycles. The Labute approximate surface area is 130 Å². The number of ether oxygens (including phenoxy) is 1. The third kappa shape index (κ3) is 5.60. The third-order valence-electron chi connectivity index (χ3n) is 2.84. The average molecular weight is 316 g/mol. The minimum Gasteiger partial charge on any atom is -0.488 e. The molecule has 3 nitrogen and oxygen atoms in total. The maximum Gasteiger partial charge on any atom is 0.156 e. The highest BCUT2D eigenvalue weighted by Gasteiger charge is 2.12. The zero-order chi connectivity index (χ0) is 15.0. The highest BCUT2D eigenvalue weighted by atomic mass is 35.5. The summed E-state index contributed by atoms with van der Waals surface area (Å²) in [5, 5.41) is 13.9. The van der Waals surface area contributed by atoms with Gasteiger partial charge in [0.15, 0.2) is 5.75 Å². The Morgan fingerprint density at radius 3 is 2.60 bits per heavy atom. The predicted molar refractivity (Wildman–Crippen MR) is 83.5 cm³/mol. The van der Waals surface area contributed by atoms with Crippen molar-refractivity contribution >= 4 is 23.2 Å². The van der Waals surface area contributed by atoms with Crippen LogP contribution in [0.3, 0.4) is 0 Å². The fourth-order valence-electron chi connectivity index (χ4n) is 1.66. The van der Waals surface area contributed by atoms with Crippen LogP contribution in [0.15, 0.2) is 18.2 Å². The minimum atomic E-state index is -0.658. The number of aliphatic hydroxyl groups is 1. The Morgan fingerprint density at radius 1 is 1.40 bits per heavy atom. The van der Waals surface area contributed by atoms with E-state index >= 15 is 0 Å². The molecule has 0 radical (unpaired) electrons. The fourth-order valence-corrected chi connectivity index (χ4v) is 2.17. The molecule has 0 aliphatic rings. The van der Waals surface area contributed by atoms with Gasteiger partial charge in [-0.15, -0.1) is 12.3 Å². The van der Waals surface area contributed by atoms with E-state index < -0.39 is 6.10 Å². The number of aliphatic hydroxyl groups excluding tert-OH is 1. The first-order chi connectivity index (χ1) is 9.58. The maximum atomic E-state index is 9.88. The molecule has 2 unspecified atom stereocenters. The number of nitrogens with one attached hydrogen (secondary N) is 1. The van der Waals surface area contributed by atoms with Crippen molar-refractivity contribution in [3.63, 3.8) is 0 Å². The molecule has 0 heterocycles. The number of hydrogen-bond acceptors (Lipinski definition) is 3. The molecular weight excluding hydrogens is 297 g/mol. The lowest BCUT2D eigenvalue weighted by Crippen LogP contribution is -2.37. The molecule has 0 aromatic heterocycles. The van der Waals surface area contributed by atoms with Gasteiger partial charge in [-0.25, -0.2) is 0 Å². The molecule has 0 fully saturated rings. The van der Waals surface area contributed by atoms with Gasteiger partial charge in [-0.3, -0.25) is 0 Å². The van der Waals surface area contributed by atoms with Crippen molar-refractivity contribution in [2.45, 2.75) is 31.9 Å². The van der Waals surface area contributed by atoms with Crippen LogP contribution in [-0.4, -0.2) is 30.4 Å². The quantitative estimate of drug-likeness (QED) is 0.724. The topological polar surface area (TPSA) is 41.5 Å². The first kappa shape index (κ1) is 17.1. The second-order valence-corrected chi connectivity index (χ2v) is 5.25. The summed E-state index contributed by atoms with van der Waals surface area (Å²) in [7, 11) is 0. The van der Waals surface area contributed by atoms with Crippen molar-refractivity contribution in [3.8, 4) is 18.1 Å². The SMILES string of the molecule is C#CCC(CC)NCC(O)COc1c(Cl)cccc1Cl. The van der Waals surface area contributed by atoms with Gasteiger partial charge in [-0.2, -0.15) is 0 Å². The molecule has 110 valence electrons. The molecule has 0 amide bonds. The van der Waals surface area contributed by atoms with Crippen LogP contribution in [0.25, 0.3) is 0 Å². The molecule has 2 atom stereocenters. The van der Waals surface area contributed by atoms with Crippen LogP contribution in [0.4, 0.5) is 0 Å². The lowest BCUT2D eigenvalue weighted by Gasteiger charge is -2.18. The van der Waals surface area contributed by atoms with Gasteiger partial charge in [0.05, 0.1) is 10.0 Å². The summed E-state index contributed by atoms with van der Waals surface area (Å²) >= 11 is 12.0. The highest BCUT2D eigenvalue weighted by Crippen LogP contribution is 2.32. The summed E-state index contributed by atoms with van der Waals surface area (Å²) in [6, 6.07) is 5.32. The van der Waals surface area contributed by atoms with E-state index in [0.29, 0.717) is 28.8 Å². The van der Waals surface area contributed by atoms with Gasteiger partial charge in [0.25, 0.3) is 0 Å². The number of benzene rings is 1. The van der Waals surface area contributed by atoms with Gasteiger partial charge in [0.2, 0.25) is 0 Å². The maximum absolute atomic E-state index is 9.88. The largest absolute Gasteiger partial charge is 0.488 e. The van der Waals surface area contributed by atoms with Gasteiger partial charge >= 0.3 is 0 Å². The van der Waals surface area contributed by atoms with E-state index in [2.05, 4.69) is 11.2 Å². The number of terminal acetylenes is 1. The van der Waals surface area contributed by atoms with Crippen molar-refractivity contribution in [1.29, 1.82) is 0 Å². The van der Waals surface area contributed by atoms with Gasteiger partial charge in [-0.05, 0) is 18.6 Å². The molecule has 20 heavy (non-hydrogen) atoms. The molecular formula is C15H19Cl2NO2. The third-order valence-corrected chi connectivity index (χ3v) is 3.43. The second-order valence-electron chi connectivity index (χ2n) is 4.44. The van der Waals surface area contributed by atoms with Gasteiger partial charge in [0.1, 0.15) is 12.7 Å². The number of rotatable bonds is 8. The van der Waals surface area contributed by atoms with Crippen molar-refractivity contribution in [1.82, 2.24) is 5.32 Å². The predicted octanol–water partition coefficient (Wildman–Crippen LogP) is 3.12. The van der Waals surface area contributed by atoms with E-state index in [-0.39, 0.29) is 12.6 Å². The number of halogens is 2. The van der Waals surface area contributed by atoms with E-state index in [0.717, 1.165) is 6.42 Å². The first-order valence-electron chi connectivity index (χ1n) is 6.50. The monoisotopic (exact) mass is 315 g/mol. The van der Waals surface area contributed by atoms with Crippen molar-refractivity contribution in [2.24, 2.45) is 0 Å². The second kappa shape index (κ2) is 9.10. The number of para-hydroxylation sites is 1. The van der Waals surface area contributed by atoms with Crippen LogP contribution in [0.1, 0.15) is 19.8 Å². The van der Waals surface area contributed by atoms with Crippen LogP contribution >= 0.6 is 23.2 Å². The molecule has 0 spiro atoms. The van der Waals surface area contributed by atoms with E-state index in [1.54, 1.807) is 18.2 Å². The van der Waals surface area contributed by atoms with Crippen LogP contribution < -0.4 is 10.1 Å². The van der Waals surface area contributed by atoms with Gasteiger partial charge in [0, 0.05) is 19.0 Å². The molecule has 1 aromatic rings. The van der Waals surface area contributed by atoms with Crippen LogP contribution in [0.5, 0.6) is 5.75 Å². The Morgan fingerprint density at radius 2 is 2.05 bits per heavy atom. The lowest BCUT2D eigenvalue weighted by atomic mass is 10.1. The fraction of sp³-hybridized carbons (Fsp3) is 0.467. The smallest absolute Gasteiger partial charge is 0.156 e. The van der Waals surface area contributed by atoms with Crippen LogP contribution in [0.2, 0.25) is 10.0 Å². The van der Waals surface area contributed by atoms with E-state index in [1.807, 2.05) is 6.92 Å². The molecule has 1 rings (SSSR count). The average Bonchev–Trinajstić information content (AvgIpc) is 2.42. The van der Waals surface area contributed by atoms with Gasteiger partial charge < -0.3 is 15.2 Å². The van der Waals surface area contributed by atoms with Crippen LogP contribution in [-0.2, 0) is 0 Å². The van der Waals surface area contributed by atoms with Crippen LogP contribution in [0, 0.1) is 12.3 Å². The molecule has 0 aliphatic heterocycles. The molecule has 0 bridgehead atoms. The van der Waals surface area contributed by atoms with Gasteiger partial charge in [-0.1, -0.05) is 36.2 Å². The van der Waals surface area contributed by atoms with E-state index in [9.17, 15) is 5.11 Å². The molecule has 0 aliphatic carbocycles. The zero-order valence-corrected chi connectivity index (χ0v) is 12.9. The molecule has 2 N–H and O–H groups in total. The Kier molecular flexibility index (Phi) is 7.79. The summed E-state index contributed by atoms with van der Waals surface area (Å²) in [5.41, 5.74) is 0. The molecule has 1 aromatic carbocycles. The lowest BCUT2D eigenvalue weighted by molar-refractivity contribution is 0.103. The first-order valence-corrected chi connectivity index (χ1v) is 7.25. The molecule has 0 saturated carbocycles. The van der Waals surface area contributed by atoms with Crippen molar-refractivity contribution in [3.05, 3.63) is 28.2 Å². The van der Waals surface area contributed by atoms with Crippen molar-refractivity contribution in [2.75, 3.05) is 13.2 Å². The molecule has 5 heteroatoms. The standard InChI is InChI=1S/C15H19Cl2NO2/c1-3-6-11(4-2)18-9-12(19)10-20-15-13(16)7-5-8-14(15)17/h1,5,7-8,11-12,18-19H,4,6,9-10H2,2H3. The zero-order valence-electron chi connectivity index (χ0n) is 11.4. The summed E-state index contributed by atoms with van der Waals surface area (Å²) in [6.07, 6.45) is 6.16. The summed E-state index contributed by atoms with van der Waals surface area (Å²) in [5.74, 6) is 3.00. The minimum absolute atomic E-state index is 0.114. The Hall–Kier alpha value is -0.920. The van der Waals surface area contributed by atoms with Crippen molar-refractivity contribution < 1.29 is 9.84 Å².